The molecule has 5 N–H and O–H groups in total. The lowest BCUT2D eigenvalue weighted by molar-refractivity contribution is -0.127. The molecule has 2 aromatic rings. The molecule has 2 atom stereocenters. The molecule has 0 aliphatic carbocycles. The average Bonchev–Trinajstić information content (AvgIpc) is 2.62. The predicted octanol–water partition coefficient (Wildman–Crippen LogP) is 2.45. The second kappa shape index (κ2) is 9.22. The van der Waals surface area contributed by atoms with Crippen molar-refractivity contribution in [2.75, 3.05) is 5.32 Å². The molecule has 2 rings (SSSR count). The number of nitrogens with one attached hydrogen (secondary N) is 2. The van der Waals surface area contributed by atoms with Crippen LogP contribution in [0.2, 0.25) is 5.02 Å². The lowest BCUT2D eigenvalue weighted by Crippen LogP contribution is -2.49. The Labute approximate surface area is 157 Å². The Bertz CT molecular complexity index is 766. The molecule has 138 valence electrons. The normalized spacial score (nSPS) is 12.9. The molecule has 7 heteroatoms. The quantitative estimate of drug-likeness (QED) is 0.596. The standard InChI is InChI=1S/C19H22ClN3O3/c1-12(21)18(25)22-16(10-7-13-5-3-2-4-6-13)19(26)23-17-11-14(24)8-9-15(17)20/h2-6,8-9,11-12,16,24H,7,10,21H2,1H3,(H,22,25)(H,23,26). The molecule has 0 saturated carbocycles. The zero-order valence-electron chi connectivity index (χ0n) is 14.4. The van der Waals surface area contributed by atoms with Gasteiger partial charge in [-0.05, 0) is 37.5 Å². The Morgan fingerprint density at radius 1 is 1.15 bits per heavy atom. The van der Waals surface area contributed by atoms with E-state index in [0.717, 1.165) is 5.56 Å². The smallest absolute Gasteiger partial charge is 0.247 e. The minimum Gasteiger partial charge on any atom is -0.508 e. The van der Waals surface area contributed by atoms with Crippen molar-refractivity contribution < 1.29 is 14.7 Å². The van der Waals surface area contributed by atoms with Gasteiger partial charge in [-0.2, -0.15) is 0 Å². The fourth-order valence-electron chi connectivity index (χ4n) is 2.36. The van der Waals surface area contributed by atoms with Crippen molar-refractivity contribution in [1.29, 1.82) is 0 Å². The van der Waals surface area contributed by atoms with E-state index in [2.05, 4.69) is 10.6 Å². The van der Waals surface area contributed by atoms with Gasteiger partial charge in [0.15, 0.2) is 0 Å². The van der Waals surface area contributed by atoms with Gasteiger partial charge in [0.1, 0.15) is 11.8 Å². The van der Waals surface area contributed by atoms with Crippen molar-refractivity contribution in [2.24, 2.45) is 5.73 Å². The SMILES string of the molecule is CC(N)C(=O)NC(CCc1ccccc1)C(=O)Nc1cc(O)ccc1Cl. The summed E-state index contributed by atoms with van der Waals surface area (Å²) in [6, 6.07) is 12.4. The summed E-state index contributed by atoms with van der Waals surface area (Å²) < 4.78 is 0. The highest BCUT2D eigenvalue weighted by Gasteiger charge is 2.23. The molecule has 0 bridgehead atoms. The monoisotopic (exact) mass is 375 g/mol. The lowest BCUT2D eigenvalue weighted by atomic mass is 10.0. The number of anilines is 1. The minimum absolute atomic E-state index is 0.0230. The first-order valence-electron chi connectivity index (χ1n) is 8.26. The van der Waals surface area contributed by atoms with Crippen molar-refractivity contribution in [3.05, 3.63) is 59.1 Å². The first-order valence-corrected chi connectivity index (χ1v) is 8.64. The number of amides is 2. The Hall–Kier alpha value is -2.57. The number of benzene rings is 2. The van der Waals surface area contributed by atoms with Gasteiger partial charge in [-0.3, -0.25) is 9.59 Å². The number of carbonyl (C=O) groups excluding carboxylic acids is 2. The molecular weight excluding hydrogens is 354 g/mol. The van der Waals surface area contributed by atoms with Crippen molar-refractivity contribution in [3.63, 3.8) is 0 Å². The van der Waals surface area contributed by atoms with E-state index in [0.29, 0.717) is 12.8 Å². The summed E-state index contributed by atoms with van der Waals surface area (Å²) in [6.07, 6.45) is 0.997. The number of hydrogen-bond acceptors (Lipinski definition) is 4. The molecular formula is C19H22ClN3O3. The Morgan fingerprint density at radius 3 is 2.50 bits per heavy atom. The van der Waals surface area contributed by atoms with Gasteiger partial charge in [0.2, 0.25) is 11.8 Å². The highest BCUT2D eigenvalue weighted by Crippen LogP contribution is 2.26. The van der Waals surface area contributed by atoms with Crippen LogP contribution in [0.3, 0.4) is 0 Å². The van der Waals surface area contributed by atoms with Gasteiger partial charge in [0, 0.05) is 6.07 Å². The van der Waals surface area contributed by atoms with Crippen LogP contribution in [-0.2, 0) is 16.0 Å². The second-order valence-corrected chi connectivity index (χ2v) is 6.43. The Balaban J connectivity index is 2.11. The van der Waals surface area contributed by atoms with Crippen LogP contribution in [-0.4, -0.2) is 29.0 Å². The van der Waals surface area contributed by atoms with E-state index in [1.54, 1.807) is 6.92 Å². The van der Waals surface area contributed by atoms with Gasteiger partial charge < -0.3 is 21.5 Å². The topological polar surface area (TPSA) is 104 Å². The van der Waals surface area contributed by atoms with Crippen LogP contribution in [0.15, 0.2) is 48.5 Å². The number of halogens is 1. The van der Waals surface area contributed by atoms with Gasteiger partial charge in [-0.25, -0.2) is 0 Å². The van der Waals surface area contributed by atoms with Crippen molar-refractivity contribution in [3.8, 4) is 5.75 Å². The van der Waals surface area contributed by atoms with Gasteiger partial charge in [0.05, 0.1) is 16.8 Å². The summed E-state index contributed by atoms with van der Waals surface area (Å²) in [5.74, 6) is -0.868. The first-order chi connectivity index (χ1) is 12.4. The predicted molar refractivity (Wildman–Crippen MR) is 102 cm³/mol. The van der Waals surface area contributed by atoms with Gasteiger partial charge in [0.25, 0.3) is 0 Å². The minimum atomic E-state index is -0.785. The van der Waals surface area contributed by atoms with E-state index >= 15 is 0 Å². The van der Waals surface area contributed by atoms with E-state index in [1.165, 1.54) is 18.2 Å². The molecule has 0 saturated heterocycles. The molecule has 2 aromatic carbocycles. The van der Waals surface area contributed by atoms with Crippen molar-refractivity contribution in [1.82, 2.24) is 5.32 Å². The summed E-state index contributed by atoms with van der Waals surface area (Å²) in [4.78, 5) is 24.6. The average molecular weight is 376 g/mol. The molecule has 26 heavy (non-hydrogen) atoms. The van der Waals surface area contributed by atoms with Crippen LogP contribution < -0.4 is 16.4 Å². The molecule has 0 heterocycles. The molecule has 2 amide bonds. The number of phenols is 1. The lowest BCUT2D eigenvalue weighted by Gasteiger charge is -2.20. The zero-order valence-corrected chi connectivity index (χ0v) is 15.2. The third kappa shape index (κ3) is 5.75. The number of nitrogens with two attached hydrogens (primary N) is 1. The van der Waals surface area contributed by atoms with Gasteiger partial charge >= 0.3 is 0 Å². The maximum atomic E-state index is 12.6. The number of rotatable bonds is 7. The fraction of sp³-hybridized carbons (Fsp3) is 0.263. The number of aryl methyl sites for hydroxylation is 1. The van der Waals surface area contributed by atoms with Crippen LogP contribution in [0.4, 0.5) is 5.69 Å². The van der Waals surface area contributed by atoms with Crippen LogP contribution in [0.25, 0.3) is 0 Å². The number of aromatic hydroxyl groups is 1. The van der Waals surface area contributed by atoms with E-state index in [1.807, 2.05) is 30.3 Å². The highest BCUT2D eigenvalue weighted by atomic mass is 35.5. The summed E-state index contributed by atoms with van der Waals surface area (Å²) in [5, 5.41) is 15.2. The largest absolute Gasteiger partial charge is 0.508 e. The molecule has 6 nitrogen and oxygen atoms in total. The third-order valence-corrected chi connectivity index (χ3v) is 4.15. The molecule has 0 fully saturated rings. The van der Waals surface area contributed by atoms with Crippen molar-refractivity contribution >= 4 is 29.1 Å². The molecule has 2 unspecified atom stereocenters. The summed E-state index contributed by atoms with van der Waals surface area (Å²) >= 11 is 6.04. The first kappa shape index (κ1) is 19.8. The molecule has 0 radical (unpaired) electrons. The maximum Gasteiger partial charge on any atom is 0.247 e. The van der Waals surface area contributed by atoms with Gasteiger partial charge in [-0.15, -0.1) is 0 Å². The molecule has 0 spiro atoms. The third-order valence-electron chi connectivity index (χ3n) is 3.82. The summed E-state index contributed by atoms with van der Waals surface area (Å²) in [5.41, 5.74) is 6.92. The Kier molecular flexibility index (Phi) is 7.00. The zero-order chi connectivity index (χ0) is 19.1. The summed E-state index contributed by atoms with van der Waals surface area (Å²) in [6.45, 7) is 1.55. The van der Waals surface area contributed by atoms with Crippen LogP contribution in [0.1, 0.15) is 18.9 Å². The summed E-state index contributed by atoms with van der Waals surface area (Å²) in [7, 11) is 0. The van der Waals surface area contributed by atoms with Crippen LogP contribution >= 0.6 is 11.6 Å². The number of hydrogen-bond donors (Lipinski definition) is 4. The van der Waals surface area contributed by atoms with E-state index in [4.69, 9.17) is 17.3 Å². The fourth-order valence-corrected chi connectivity index (χ4v) is 2.52. The molecule has 0 aromatic heterocycles. The number of carbonyl (C=O) groups is 2. The van der Waals surface area contributed by atoms with E-state index in [9.17, 15) is 14.7 Å². The Morgan fingerprint density at radius 2 is 1.85 bits per heavy atom. The highest BCUT2D eigenvalue weighted by molar-refractivity contribution is 6.33. The van der Waals surface area contributed by atoms with E-state index in [-0.39, 0.29) is 16.5 Å². The number of phenolic OH excluding ortho intramolecular Hbond substituents is 1. The van der Waals surface area contributed by atoms with E-state index < -0.39 is 23.9 Å². The molecule has 0 aliphatic heterocycles. The van der Waals surface area contributed by atoms with Crippen molar-refractivity contribution in [2.45, 2.75) is 31.8 Å². The maximum absolute atomic E-state index is 12.6. The van der Waals surface area contributed by atoms with Crippen LogP contribution in [0.5, 0.6) is 5.75 Å². The molecule has 0 aliphatic rings. The second-order valence-electron chi connectivity index (χ2n) is 6.03. The van der Waals surface area contributed by atoms with Crippen LogP contribution in [0, 0.1) is 0 Å². The van der Waals surface area contributed by atoms with Gasteiger partial charge in [-0.1, -0.05) is 41.9 Å².